The van der Waals surface area contributed by atoms with Crippen LogP contribution >= 0.6 is 0 Å². The van der Waals surface area contributed by atoms with Crippen LogP contribution in [-0.2, 0) is 51.9 Å². The monoisotopic (exact) mass is 643 g/mol. The Morgan fingerprint density at radius 1 is 0.417 bits per heavy atom. The highest BCUT2D eigenvalue weighted by atomic mass is 16.6. The van der Waals surface area contributed by atoms with Crippen molar-refractivity contribution in [2.45, 2.75) is 63.4 Å². The SMILES string of the molecule is OC[C@@H]1[C@H](OCc2ccccc2)[C@@H](OCc2ccccc2)[C@H](OCc2ccccc2)[C@H](COCc2ccccc2)N1Cc1ccccc1. The molecule has 5 aromatic rings. The Morgan fingerprint density at radius 2 is 0.771 bits per heavy atom. The van der Waals surface area contributed by atoms with Gasteiger partial charge in [0.2, 0.25) is 0 Å². The third-order valence-corrected chi connectivity index (χ3v) is 8.91. The number of ether oxygens (including phenoxy) is 4. The van der Waals surface area contributed by atoms with Gasteiger partial charge in [-0.3, -0.25) is 4.90 Å². The van der Waals surface area contributed by atoms with E-state index in [1.54, 1.807) is 0 Å². The maximum atomic E-state index is 11.2. The molecule has 0 unspecified atom stereocenters. The summed E-state index contributed by atoms with van der Waals surface area (Å²) in [6, 6.07) is 50.5. The van der Waals surface area contributed by atoms with Crippen molar-refractivity contribution in [1.82, 2.24) is 4.90 Å². The maximum Gasteiger partial charge on any atom is 0.113 e. The van der Waals surface area contributed by atoms with Crippen molar-refractivity contribution in [1.29, 1.82) is 0 Å². The molecule has 1 aliphatic rings. The molecule has 248 valence electrons. The van der Waals surface area contributed by atoms with E-state index in [9.17, 15) is 5.11 Å². The average molecular weight is 644 g/mol. The second-order valence-electron chi connectivity index (χ2n) is 12.3. The van der Waals surface area contributed by atoms with Gasteiger partial charge in [0.1, 0.15) is 18.3 Å². The molecule has 0 radical (unpaired) electrons. The van der Waals surface area contributed by atoms with Crippen LogP contribution in [0.3, 0.4) is 0 Å². The first-order valence-corrected chi connectivity index (χ1v) is 16.8. The van der Waals surface area contributed by atoms with E-state index in [4.69, 9.17) is 18.9 Å². The smallest absolute Gasteiger partial charge is 0.113 e. The van der Waals surface area contributed by atoms with Crippen LogP contribution in [0.5, 0.6) is 0 Å². The molecule has 48 heavy (non-hydrogen) atoms. The Hall–Kier alpha value is -4.14. The summed E-state index contributed by atoms with van der Waals surface area (Å²) in [6.07, 6.45) is -1.42. The number of aliphatic hydroxyl groups is 1. The predicted molar refractivity (Wildman–Crippen MR) is 188 cm³/mol. The summed E-state index contributed by atoms with van der Waals surface area (Å²) >= 11 is 0. The van der Waals surface area contributed by atoms with Gasteiger partial charge in [-0.05, 0) is 27.8 Å². The molecule has 5 aromatic carbocycles. The first-order valence-electron chi connectivity index (χ1n) is 16.8. The van der Waals surface area contributed by atoms with Crippen molar-refractivity contribution in [2.24, 2.45) is 0 Å². The van der Waals surface area contributed by atoms with Crippen LogP contribution < -0.4 is 0 Å². The lowest BCUT2D eigenvalue weighted by Gasteiger charge is -2.52. The van der Waals surface area contributed by atoms with E-state index >= 15 is 0 Å². The first-order chi connectivity index (χ1) is 23.8. The molecule has 5 atom stereocenters. The zero-order valence-electron chi connectivity index (χ0n) is 27.3. The molecule has 1 saturated heterocycles. The molecule has 0 spiro atoms. The molecule has 6 nitrogen and oxygen atoms in total. The van der Waals surface area contributed by atoms with Crippen molar-refractivity contribution >= 4 is 0 Å². The number of rotatable bonds is 16. The Bertz CT molecular complexity index is 1590. The largest absolute Gasteiger partial charge is 0.395 e. The van der Waals surface area contributed by atoms with E-state index in [-0.39, 0.29) is 18.7 Å². The fourth-order valence-corrected chi connectivity index (χ4v) is 6.45. The average Bonchev–Trinajstić information content (AvgIpc) is 3.15. The Kier molecular flexibility index (Phi) is 12.6. The van der Waals surface area contributed by atoms with Gasteiger partial charge in [-0.15, -0.1) is 0 Å². The molecule has 0 saturated carbocycles. The van der Waals surface area contributed by atoms with Gasteiger partial charge < -0.3 is 24.1 Å². The summed E-state index contributed by atoms with van der Waals surface area (Å²) in [5, 5.41) is 11.2. The minimum atomic E-state index is -0.493. The molecular weight excluding hydrogens is 598 g/mol. The van der Waals surface area contributed by atoms with Crippen LogP contribution in [-0.4, -0.2) is 53.6 Å². The molecular formula is C42H45NO5. The summed E-state index contributed by atoms with van der Waals surface area (Å²) in [5.74, 6) is 0. The topological polar surface area (TPSA) is 60.4 Å². The van der Waals surface area contributed by atoms with Crippen LogP contribution in [0, 0.1) is 0 Å². The highest BCUT2D eigenvalue weighted by Gasteiger charge is 2.51. The van der Waals surface area contributed by atoms with E-state index in [0.717, 1.165) is 27.8 Å². The summed E-state index contributed by atoms with van der Waals surface area (Å²) in [4.78, 5) is 2.31. The number of aliphatic hydroxyl groups excluding tert-OH is 1. The third kappa shape index (κ3) is 9.26. The summed E-state index contributed by atoms with van der Waals surface area (Å²) in [7, 11) is 0. The highest BCUT2D eigenvalue weighted by molar-refractivity contribution is 5.19. The fraction of sp³-hybridized carbons (Fsp3) is 0.286. The highest BCUT2D eigenvalue weighted by Crippen LogP contribution is 2.34. The van der Waals surface area contributed by atoms with Gasteiger partial charge in [0, 0.05) is 6.54 Å². The summed E-state index contributed by atoms with van der Waals surface area (Å²) in [6.45, 7) is 2.50. The van der Waals surface area contributed by atoms with Crippen LogP contribution in [0.2, 0.25) is 0 Å². The number of piperidine rings is 1. The minimum absolute atomic E-state index is 0.113. The zero-order valence-corrected chi connectivity index (χ0v) is 27.3. The van der Waals surface area contributed by atoms with Crippen molar-refractivity contribution < 1.29 is 24.1 Å². The van der Waals surface area contributed by atoms with Crippen molar-refractivity contribution in [2.75, 3.05) is 13.2 Å². The van der Waals surface area contributed by atoms with Crippen molar-refractivity contribution in [3.05, 3.63) is 179 Å². The number of hydrogen-bond acceptors (Lipinski definition) is 6. The number of likely N-dealkylation sites (tertiary alicyclic amines) is 1. The van der Waals surface area contributed by atoms with Crippen molar-refractivity contribution in [3.63, 3.8) is 0 Å². The van der Waals surface area contributed by atoms with Crippen LogP contribution in [0.1, 0.15) is 27.8 Å². The minimum Gasteiger partial charge on any atom is -0.395 e. The molecule has 1 fully saturated rings. The second kappa shape index (κ2) is 17.9. The molecule has 0 aliphatic carbocycles. The van der Waals surface area contributed by atoms with Gasteiger partial charge in [0.05, 0.1) is 51.7 Å². The lowest BCUT2D eigenvalue weighted by Crippen LogP contribution is -2.69. The van der Waals surface area contributed by atoms with Gasteiger partial charge in [-0.2, -0.15) is 0 Å². The van der Waals surface area contributed by atoms with Crippen molar-refractivity contribution in [3.8, 4) is 0 Å². The molecule has 0 bridgehead atoms. The number of hydrogen-bond donors (Lipinski definition) is 1. The number of nitrogens with zero attached hydrogens (tertiary/aromatic N) is 1. The maximum absolute atomic E-state index is 11.2. The molecule has 1 N–H and O–H groups in total. The first kappa shape index (κ1) is 33.7. The van der Waals surface area contributed by atoms with E-state index < -0.39 is 18.3 Å². The van der Waals surface area contributed by atoms with Crippen LogP contribution in [0.25, 0.3) is 0 Å². The molecule has 1 aliphatic heterocycles. The predicted octanol–water partition coefficient (Wildman–Crippen LogP) is 7.20. The zero-order chi connectivity index (χ0) is 32.8. The molecule has 1 heterocycles. The number of benzene rings is 5. The Morgan fingerprint density at radius 3 is 1.19 bits per heavy atom. The van der Waals surface area contributed by atoms with Crippen LogP contribution in [0.4, 0.5) is 0 Å². The lowest BCUT2D eigenvalue weighted by molar-refractivity contribution is -0.235. The van der Waals surface area contributed by atoms with E-state index in [1.165, 1.54) is 0 Å². The Labute approximate surface area is 284 Å². The molecule has 6 rings (SSSR count). The van der Waals surface area contributed by atoms with Gasteiger partial charge in [0.15, 0.2) is 0 Å². The van der Waals surface area contributed by atoms with Gasteiger partial charge in [0.25, 0.3) is 0 Å². The molecule has 0 amide bonds. The normalized spacial score (nSPS) is 21.2. The van der Waals surface area contributed by atoms with Gasteiger partial charge in [-0.1, -0.05) is 152 Å². The fourth-order valence-electron chi connectivity index (χ4n) is 6.45. The second-order valence-corrected chi connectivity index (χ2v) is 12.3. The lowest BCUT2D eigenvalue weighted by atomic mass is 9.86. The quantitative estimate of drug-likeness (QED) is 0.123. The summed E-state index contributed by atoms with van der Waals surface area (Å²) in [5.41, 5.74) is 5.43. The van der Waals surface area contributed by atoms with E-state index in [0.29, 0.717) is 39.6 Å². The van der Waals surface area contributed by atoms with Gasteiger partial charge in [-0.25, -0.2) is 0 Å². The van der Waals surface area contributed by atoms with E-state index in [2.05, 4.69) is 65.6 Å². The molecule has 6 heteroatoms. The van der Waals surface area contributed by atoms with E-state index in [1.807, 2.05) is 91.0 Å². The third-order valence-electron chi connectivity index (χ3n) is 8.91. The van der Waals surface area contributed by atoms with Gasteiger partial charge >= 0.3 is 0 Å². The standard InChI is InChI=1S/C42H45NO5/c44-27-38-40(46-29-35-20-10-3-11-21-35)42(48-31-37-24-14-5-15-25-37)41(47-30-36-22-12-4-13-23-36)39(32-45-28-34-18-8-2-9-19-34)43(38)26-33-16-6-1-7-17-33/h1-25,38-42,44H,26-32H2/t38-,39+,40+,41-,42-/m1/s1. The Balaban J connectivity index is 1.37. The van der Waals surface area contributed by atoms with Crippen LogP contribution in [0.15, 0.2) is 152 Å². The summed E-state index contributed by atoms with van der Waals surface area (Å²) < 4.78 is 27.1. The molecule has 0 aromatic heterocycles.